The molecule has 0 aromatic carbocycles. The smallest absolute Gasteiger partial charge is 0.267 e. The number of halogens is 4. The van der Waals surface area contributed by atoms with Crippen molar-refractivity contribution in [2.24, 2.45) is 0 Å². The molecule has 70 valence electrons. The molecule has 0 radical (unpaired) electrons. The third-order valence-corrected chi connectivity index (χ3v) is 1.94. The number of rotatable bonds is 2. The van der Waals surface area contributed by atoms with Gasteiger partial charge in [-0.25, -0.2) is 18.2 Å². The lowest BCUT2D eigenvalue weighted by Crippen LogP contribution is -2.00. The van der Waals surface area contributed by atoms with E-state index in [1.54, 1.807) is 0 Å². The molecule has 0 spiro atoms. The molecule has 0 bridgehead atoms. The van der Waals surface area contributed by atoms with Crippen LogP contribution < -0.4 is 0 Å². The Morgan fingerprint density at radius 1 is 1.54 bits per heavy atom. The van der Waals surface area contributed by atoms with Crippen LogP contribution >= 0.6 is 15.9 Å². The van der Waals surface area contributed by atoms with Crippen molar-refractivity contribution in [1.29, 1.82) is 0 Å². The number of carbonyl (C=O) groups excluding carboxylic acids is 1. The van der Waals surface area contributed by atoms with Crippen LogP contribution in [0.5, 0.6) is 0 Å². The Balaban J connectivity index is 3.41. The van der Waals surface area contributed by atoms with E-state index in [-0.39, 0.29) is 10.9 Å². The highest BCUT2D eigenvalue weighted by Gasteiger charge is 2.20. The molecule has 1 aromatic rings. The van der Waals surface area contributed by atoms with Crippen LogP contribution in [-0.2, 0) is 0 Å². The first-order chi connectivity index (χ1) is 6.07. The highest BCUT2D eigenvalue weighted by atomic mass is 79.9. The van der Waals surface area contributed by atoms with E-state index >= 15 is 0 Å². The molecule has 0 fully saturated rings. The van der Waals surface area contributed by atoms with E-state index in [9.17, 15) is 18.0 Å². The van der Waals surface area contributed by atoms with Gasteiger partial charge in [0.05, 0.1) is 5.56 Å². The van der Waals surface area contributed by atoms with Crippen LogP contribution in [0, 0.1) is 5.82 Å². The van der Waals surface area contributed by atoms with E-state index < -0.39 is 23.4 Å². The predicted octanol–water partition coefficient (Wildman–Crippen LogP) is 2.73. The summed E-state index contributed by atoms with van der Waals surface area (Å²) in [4.78, 5) is 13.6. The van der Waals surface area contributed by atoms with E-state index in [4.69, 9.17) is 0 Å². The molecule has 0 atom stereocenters. The van der Waals surface area contributed by atoms with Crippen LogP contribution in [0.2, 0.25) is 0 Å². The second-order valence-corrected chi connectivity index (χ2v) is 2.90. The molecule has 0 unspecified atom stereocenters. The van der Waals surface area contributed by atoms with Gasteiger partial charge in [0.25, 0.3) is 6.43 Å². The average Bonchev–Trinajstić information content (AvgIpc) is 2.08. The number of nitrogens with zero attached hydrogens (tertiary/aromatic N) is 1. The maximum absolute atomic E-state index is 13.0. The molecular formula is C7H3BrF3NO. The molecule has 0 saturated heterocycles. The van der Waals surface area contributed by atoms with Crippen molar-refractivity contribution in [2.75, 3.05) is 0 Å². The van der Waals surface area contributed by atoms with Gasteiger partial charge in [0.15, 0.2) is 12.1 Å². The van der Waals surface area contributed by atoms with E-state index in [1.807, 2.05) is 0 Å². The summed E-state index contributed by atoms with van der Waals surface area (Å²) in [6.45, 7) is 0. The van der Waals surface area contributed by atoms with Crippen molar-refractivity contribution in [2.45, 2.75) is 6.43 Å². The van der Waals surface area contributed by atoms with Gasteiger partial charge in [0, 0.05) is 11.8 Å². The minimum atomic E-state index is -3.03. The Morgan fingerprint density at radius 3 is 2.62 bits per heavy atom. The number of carbonyl (C=O) groups is 1. The summed E-state index contributed by atoms with van der Waals surface area (Å²) >= 11 is 2.64. The maximum Gasteiger partial charge on any atom is 0.267 e. The minimum absolute atomic E-state index is 0.143. The van der Waals surface area contributed by atoms with Crippen molar-refractivity contribution < 1.29 is 18.0 Å². The summed E-state index contributed by atoms with van der Waals surface area (Å²) in [6, 6.07) is 0. The van der Waals surface area contributed by atoms with Gasteiger partial charge in [0.1, 0.15) is 4.60 Å². The van der Waals surface area contributed by atoms with Gasteiger partial charge in [0.2, 0.25) is 0 Å². The van der Waals surface area contributed by atoms with Crippen LogP contribution in [0.4, 0.5) is 13.2 Å². The number of aldehydes is 1. The number of hydrogen-bond donors (Lipinski definition) is 0. The molecule has 1 aromatic heterocycles. The van der Waals surface area contributed by atoms with Gasteiger partial charge in [-0.05, 0) is 15.9 Å². The van der Waals surface area contributed by atoms with Crippen molar-refractivity contribution >= 4 is 22.2 Å². The van der Waals surface area contributed by atoms with Gasteiger partial charge < -0.3 is 0 Å². The summed E-state index contributed by atoms with van der Waals surface area (Å²) in [6.07, 6.45) is -1.99. The monoisotopic (exact) mass is 253 g/mol. The number of hydrogen-bond acceptors (Lipinski definition) is 2. The Labute approximate surface area is 79.9 Å². The number of alkyl halides is 2. The van der Waals surface area contributed by atoms with Crippen LogP contribution in [0.3, 0.4) is 0 Å². The molecule has 0 aliphatic heterocycles. The van der Waals surface area contributed by atoms with E-state index in [0.29, 0.717) is 0 Å². The lowest BCUT2D eigenvalue weighted by molar-refractivity contribution is 0.110. The molecule has 0 N–H and O–H groups in total. The zero-order valence-corrected chi connectivity index (χ0v) is 7.69. The largest absolute Gasteiger partial charge is 0.298 e. The fourth-order valence-corrected chi connectivity index (χ4v) is 1.12. The molecule has 0 saturated carbocycles. The van der Waals surface area contributed by atoms with Crippen molar-refractivity contribution in [3.8, 4) is 0 Å². The molecule has 2 nitrogen and oxygen atoms in total. The first kappa shape index (κ1) is 10.2. The van der Waals surface area contributed by atoms with Gasteiger partial charge >= 0.3 is 0 Å². The molecule has 1 heterocycles. The van der Waals surface area contributed by atoms with Gasteiger partial charge in [-0.3, -0.25) is 4.79 Å². The quantitative estimate of drug-likeness (QED) is 0.600. The van der Waals surface area contributed by atoms with Gasteiger partial charge in [-0.2, -0.15) is 0 Å². The zero-order valence-electron chi connectivity index (χ0n) is 6.10. The Bertz CT molecular complexity index is 343. The van der Waals surface area contributed by atoms with Gasteiger partial charge in [-0.15, -0.1) is 0 Å². The molecule has 0 amide bonds. The lowest BCUT2D eigenvalue weighted by atomic mass is 10.1. The van der Waals surface area contributed by atoms with E-state index in [2.05, 4.69) is 20.9 Å². The second kappa shape index (κ2) is 3.87. The molecule has 0 aliphatic rings. The molecule has 6 heteroatoms. The number of aromatic nitrogens is 1. The van der Waals surface area contributed by atoms with Crippen molar-refractivity contribution in [3.63, 3.8) is 0 Å². The second-order valence-electron chi connectivity index (χ2n) is 2.15. The molecule has 1 rings (SSSR count). The van der Waals surface area contributed by atoms with Crippen LogP contribution in [0.1, 0.15) is 22.3 Å². The standard InChI is InChI=1S/C7H3BrF3NO/c8-6-5(9)4(7(10)11)3(2-13)1-12-6/h1-2,7H. The van der Waals surface area contributed by atoms with Crippen molar-refractivity contribution in [3.05, 3.63) is 27.7 Å². The van der Waals surface area contributed by atoms with Gasteiger partial charge in [-0.1, -0.05) is 0 Å². The Hall–Kier alpha value is -0.910. The summed E-state index contributed by atoms with van der Waals surface area (Å²) in [7, 11) is 0. The topological polar surface area (TPSA) is 30.0 Å². The summed E-state index contributed by atoms with van der Waals surface area (Å²) in [5.41, 5.74) is -1.35. The molecular weight excluding hydrogens is 251 g/mol. The average molecular weight is 254 g/mol. The maximum atomic E-state index is 13.0. The number of pyridine rings is 1. The fourth-order valence-electron chi connectivity index (χ4n) is 0.806. The summed E-state index contributed by atoms with van der Waals surface area (Å²) in [5.74, 6) is -1.19. The highest BCUT2D eigenvalue weighted by Crippen LogP contribution is 2.27. The van der Waals surface area contributed by atoms with Crippen LogP contribution in [0.15, 0.2) is 10.8 Å². The van der Waals surface area contributed by atoms with Crippen LogP contribution in [0.25, 0.3) is 0 Å². The Kier molecular flexibility index (Phi) is 3.02. The fraction of sp³-hybridized carbons (Fsp3) is 0.143. The van der Waals surface area contributed by atoms with E-state index in [1.165, 1.54) is 0 Å². The lowest BCUT2D eigenvalue weighted by Gasteiger charge is -2.04. The molecule has 13 heavy (non-hydrogen) atoms. The van der Waals surface area contributed by atoms with Crippen LogP contribution in [-0.4, -0.2) is 11.3 Å². The first-order valence-corrected chi connectivity index (χ1v) is 3.94. The Morgan fingerprint density at radius 2 is 2.15 bits per heavy atom. The normalized spacial score (nSPS) is 10.5. The zero-order chi connectivity index (χ0) is 10.0. The molecule has 0 aliphatic carbocycles. The highest BCUT2D eigenvalue weighted by molar-refractivity contribution is 9.10. The van der Waals surface area contributed by atoms with E-state index in [0.717, 1.165) is 6.20 Å². The third kappa shape index (κ3) is 1.88. The first-order valence-electron chi connectivity index (χ1n) is 3.15. The SMILES string of the molecule is O=Cc1cnc(Br)c(F)c1C(F)F. The van der Waals surface area contributed by atoms with Crippen molar-refractivity contribution in [1.82, 2.24) is 4.98 Å². The summed E-state index contributed by atoms with van der Waals surface area (Å²) in [5, 5.41) is 0. The minimum Gasteiger partial charge on any atom is -0.298 e. The predicted molar refractivity (Wildman–Crippen MR) is 42.2 cm³/mol. The summed E-state index contributed by atoms with van der Waals surface area (Å²) < 4.78 is 37.0. The third-order valence-electron chi connectivity index (χ3n) is 1.39.